The van der Waals surface area contributed by atoms with Gasteiger partial charge in [-0.2, -0.15) is 9.50 Å². The fraction of sp³-hybridized carbons (Fsp3) is 0.150. The minimum Gasteiger partial charge on any atom is -0.379 e. The molecule has 0 amide bonds. The Hall–Kier alpha value is -3.12. The first kappa shape index (κ1) is 17.3. The molecule has 0 aliphatic rings. The number of fused-ring (bicyclic) bond motifs is 1. The van der Waals surface area contributed by atoms with E-state index in [1.165, 1.54) is 16.1 Å². The van der Waals surface area contributed by atoms with Crippen molar-refractivity contribution in [3.8, 4) is 11.4 Å². The molecule has 0 saturated heterocycles. The molecular formula is C20H18ClN5O. The molecule has 2 N–H and O–H groups in total. The maximum absolute atomic E-state index is 12.4. The normalized spacial score (nSPS) is 11.1. The van der Waals surface area contributed by atoms with E-state index in [9.17, 15) is 4.79 Å². The molecule has 0 unspecified atom stereocenters. The zero-order valence-corrected chi connectivity index (χ0v) is 15.7. The third kappa shape index (κ3) is 3.57. The number of nitrogens with zero attached hydrogens (tertiary/aromatic N) is 3. The minimum absolute atomic E-state index is 0.228. The lowest BCUT2D eigenvalue weighted by molar-refractivity contribution is 0.878. The van der Waals surface area contributed by atoms with E-state index in [2.05, 4.69) is 46.4 Å². The molecule has 0 radical (unpaired) electrons. The van der Waals surface area contributed by atoms with Crippen LogP contribution in [0.4, 0.5) is 5.69 Å². The molecule has 0 aliphatic heterocycles. The largest absolute Gasteiger partial charge is 0.379 e. The van der Waals surface area contributed by atoms with E-state index < -0.39 is 0 Å². The molecule has 136 valence electrons. The fourth-order valence-electron chi connectivity index (χ4n) is 2.96. The first-order valence-electron chi connectivity index (χ1n) is 8.55. The maximum Gasteiger partial charge on any atom is 0.275 e. The van der Waals surface area contributed by atoms with E-state index in [1.807, 2.05) is 18.2 Å². The van der Waals surface area contributed by atoms with Crippen LogP contribution in [0.3, 0.4) is 0 Å². The monoisotopic (exact) mass is 379 g/mol. The van der Waals surface area contributed by atoms with Crippen molar-refractivity contribution in [1.82, 2.24) is 19.6 Å². The Morgan fingerprint density at radius 3 is 2.63 bits per heavy atom. The summed E-state index contributed by atoms with van der Waals surface area (Å²) in [5, 5.41) is 8.28. The molecule has 4 aromatic rings. The highest BCUT2D eigenvalue weighted by molar-refractivity contribution is 6.30. The van der Waals surface area contributed by atoms with Gasteiger partial charge in [-0.05, 0) is 49.7 Å². The van der Waals surface area contributed by atoms with Gasteiger partial charge in [0.15, 0.2) is 5.82 Å². The average molecular weight is 380 g/mol. The summed E-state index contributed by atoms with van der Waals surface area (Å²) < 4.78 is 1.27. The molecule has 0 atom stereocenters. The van der Waals surface area contributed by atoms with E-state index >= 15 is 0 Å². The van der Waals surface area contributed by atoms with E-state index in [4.69, 9.17) is 11.6 Å². The fourth-order valence-corrected chi connectivity index (χ4v) is 3.08. The molecule has 2 aromatic carbocycles. The van der Waals surface area contributed by atoms with Crippen LogP contribution in [0.2, 0.25) is 5.02 Å². The molecule has 7 heteroatoms. The number of hydrogen-bond donors (Lipinski definition) is 2. The number of aromatic nitrogens is 4. The molecule has 27 heavy (non-hydrogen) atoms. The minimum atomic E-state index is -0.228. The number of H-pyrrole nitrogens is 1. The van der Waals surface area contributed by atoms with E-state index in [0.29, 0.717) is 23.2 Å². The lowest BCUT2D eigenvalue weighted by Gasteiger charge is -2.10. The molecule has 2 aromatic heterocycles. The average Bonchev–Trinajstić information content (AvgIpc) is 3.06. The lowest BCUT2D eigenvalue weighted by Crippen LogP contribution is -2.17. The molecule has 0 fully saturated rings. The first-order chi connectivity index (χ1) is 13.0. The van der Waals surface area contributed by atoms with Crippen molar-refractivity contribution in [2.45, 2.75) is 20.4 Å². The molecular weight excluding hydrogens is 362 g/mol. The number of hydrogen-bond acceptors (Lipinski definition) is 4. The highest BCUT2D eigenvalue weighted by Gasteiger charge is 2.10. The second-order valence-electron chi connectivity index (χ2n) is 6.48. The Morgan fingerprint density at radius 1 is 1.11 bits per heavy atom. The van der Waals surface area contributed by atoms with Crippen molar-refractivity contribution in [1.29, 1.82) is 0 Å². The van der Waals surface area contributed by atoms with Gasteiger partial charge in [-0.3, -0.25) is 4.79 Å². The first-order valence-corrected chi connectivity index (χ1v) is 8.93. The van der Waals surface area contributed by atoms with Crippen molar-refractivity contribution in [3.05, 3.63) is 80.7 Å². The molecule has 0 saturated carbocycles. The SMILES string of the molecule is Cc1ccc(NCc2cc(=O)n3nc(-c4ccc(Cl)cc4)nc3[nH]2)c(C)c1. The molecule has 0 spiro atoms. The molecule has 2 heterocycles. The molecule has 0 aliphatic carbocycles. The number of anilines is 1. The Morgan fingerprint density at radius 2 is 1.89 bits per heavy atom. The smallest absolute Gasteiger partial charge is 0.275 e. The number of rotatable bonds is 4. The van der Waals surface area contributed by atoms with Gasteiger partial charge >= 0.3 is 0 Å². The van der Waals surface area contributed by atoms with Crippen molar-refractivity contribution in [2.75, 3.05) is 5.32 Å². The van der Waals surface area contributed by atoms with Gasteiger partial charge in [0.2, 0.25) is 5.78 Å². The summed E-state index contributed by atoms with van der Waals surface area (Å²) in [5.41, 5.74) is 4.71. The van der Waals surface area contributed by atoms with Crippen molar-refractivity contribution >= 4 is 23.1 Å². The van der Waals surface area contributed by atoms with Crippen LogP contribution in [-0.2, 0) is 6.54 Å². The summed E-state index contributed by atoms with van der Waals surface area (Å²) in [6.07, 6.45) is 0. The van der Waals surface area contributed by atoms with E-state index in [0.717, 1.165) is 22.5 Å². The third-order valence-electron chi connectivity index (χ3n) is 4.34. The standard InChI is InChI=1S/C20H18ClN5O/c1-12-3-8-17(13(2)9-12)22-11-16-10-18(27)26-20(23-16)24-19(25-26)14-4-6-15(21)7-5-14/h3-10,22H,11H2,1-2H3,(H,23,24,25). The van der Waals surface area contributed by atoms with Crippen molar-refractivity contribution in [3.63, 3.8) is 0 Å². The summed E-state index contributed by atoms with van der Waals surface area (Å²) in [4.78, 5) is 20.0. The van der Waals surface area contributed by atoms with Gasteiger partial charge < -0.3 is 10.3 Å². The maximum atomic E-state index is 12.4. The highest BCUT2D eigenvalue weighted by Crippen LogP contribution is 2.19. The Kier molecular flexibility index (Phi) is 4.41. The van der Waals surface area contributed by atoms with Crippen LogP contribution >= 0.6 is 11.6 Å². The molecule has 0 bridgehead atoms. The number of nitrogens with one attached hydrogen (secondary N) is 2. The summed E-state index contributed by atoms with van der Waals surface area (Å²) in [5.74, 6) is 0.879. The quantitative estimate of drug-likeness (QED) is 0.562. The second kappa shape index (κ2) is 6.89. The van der Waals surface area contributed by atoms with Crippen LogP contribution in [0.5, 0.6) is 0 Å². The van der Waals surface area contributed by atoms with Crippen LogP contribution in [0.1, 0.15) is 16.8 Å². The number of benzene rings is 2. The lowest BCUT2D eigenvalue weighted by atomic mass is 10.1. The van der Waals surface area contributed by atoms with E-state index in [1.54, 1.807) is 12.1 Å². The summed E-state index contributed by atoms with van der Waals surface area (Å²) in [6.45, 7) is 4.60. The Labute approximate surface area is 160 Å². The van der Waals surface area contributed by atoms with Gasteiger partial charge in [0.1, 0.15) is 0 Å². The zero-order chi connectivity index (χ0) is 19.0. The zero-order valence-electron chi connectivity index (χ0n) is 15.0. The Balaban J connectivity index is 1.63. The predicted octanol–water partition coefficient (Wildman–Crippen LogP) is 3.97. The third-order valence-corrected chi connectivity index (χ3v) is 4.59. The number of aryl methyl sites for hydroxylation is 2. The molecule has 6 nitrogen and oxygen atoms in total. The van der Waals surface area contributed by atoms with Crippen molar-refractivity contribution in [2.24, 2.45) is 0 Å². The summed E-state index contributed by atoms with van der Waals surface area (Å²) in [7, 11) is 0. The van der Waals surface area contributed by atoms with Crippen LogP contribution in [-0.4, -0.2) is 19.6 Å². The Bertz CT molecular complexity index is 1180. The highest BCUT2D eigenvalue weighted by atomic mass is 35.5. The van der Waals surface area contributed by atoms with Gasteiger partial charge in [0.05, 0.1) is 6.54 Å². The van der Waals surface area contributed by atoms with E-state index in [-0.39, 0.29) is 5.56 Å². The summed E-state index contributed by atoms with van der Waals surface area (Å²) in [6, 6.07) is 14.9. The van der Waals surface area contributed by atoms with Gasteiger partial charge in [0.25, 0.3) is 5.56 Å². The topological polar surface area (TPSA) is 75.1 Å². The van der Waals surface area contributed by atoms with Gasteiger partial charge in [-0.25, -0.2) is 0 Å². The second-order valence-corrected chi connectivity index (χ2v) is 6.92. The van der Waals surface area contributed by atoms with Gasteiger partial charge in [-0.1, -0.05) is 29.3 Å². The van der Waals surface area contributed by atoms with Crippen LogP contribution in [0.15, 0.2) is 53.3 Å². The molecule has 4 rings (SSSR count). The van der Waals surface area contributed by atoms with Crippen LogP contribution in [0.25, 0.3) is 17.2 Å². The van der Waals surface area contributed by atoms with Crippen molar-refractivity contribution < 1.29 is 0 Å². The van der Waals surface area contributed by atoms with Crippen LogP contribution in [0, 0.1) is 13.8 Å². The number of halogens is 1. The predicted molar refractivity (Wildman–Crippen MR) is 107 cm³/mol. The summed E-state index contributed by atoms with van der Waals surface area (Å²) >= 11 is 5.92. The number of aromatic amines is 1. The van der Waals surface area contributed by atoms with Gasteiger partial charge in [-0.15, -0.1) is 5.10 Å². The van der Waals surface area contributed by atoms with Gasteiger partial charge in [0, 0.05) is 28.0 Å². The van der Waals surface area contributed by atoms with Crippen LogP contribution < -0.4 is 10.9 Å².